The second-order valence-corrected chi connectivity index (χ2v) is 5.56. The molecule has 1 aliphatic rings. The first-order valence-electron chi connectivity index (χ1n) is 5.82. The van der Waals surface area contributed by atoms with Crippen LogP contribution >= 0.6 is 0 Å². The summed E-state index contributed by atoms with van der Waals surface area (Å²) in [5, 5.41) is 12.3. The molecular weight excluding hydrogens is 206 g/mol. The van der Waals surface area contributed by atoms with Gasteiger partial charge >= 0.3 is 5.97 Å². The zero-order chi connectivity index (χ0) is 12.5. The Bertz CT molecular complexity index is 263. The summed E-state index contributed by atoms with van der Waals surface area (Å²) < 4.78 is 5.35. The molecule has 0 amide bonds. The molecule has 2 N–H and O–H groups in total. The molecule has 0 aromatic heterocycles. The van der Waals surface area contributed by atoms with Gasteiger partial charge < -0.3 is 15.2 Å². The first-order valence-corrected chi connectivity index (χ1v) is 5.82. The lowest BCUT2D eigenvalue weighted by Gasteiger charge is -2.52. The van der Waals surface area contributed by atoms with Crippen molar-refractivity contribution in [3.8, 4) is 0 Å². The molecule has 1 rings (SSSR count). The van der Waals surface area contributed by atoms with Crippen LogP contribution in [-0.2, 0) is 9.53 Å². The van der Waals surface area contributed by atoms with Gasteiger partial charge in [0.15, 0.2) is 0 Å². The number of carbonyl (C=O) groups is 1. The van der Waals surface area contributed by atoms with E-state index in [1.54, 1.807) is 7.11 Å². The van der Waals surface area contributed by atoms with Gasteiger partial charge in [0.25, 0.3) is 0 Å². The molecule has 0 aliphatic heterocycles. The minimum Gasteiger partial charge on any atom is -0.480 e. The van der Waals surface area contributed by atoms with Crippen molar-refractivity contribution < 1.29 is 14.6 Å². The standard InChI is InChI=1S/C12H23NO3/c1-7(2)10(11(14)15)13-8-6-9(16-5)12(8,3)4/h7-10,13H,6H2,1-5H3,(H,14,15). The summed E-state index contributed by atoms with van der Waals surface area (Å²) >= 11 is 0. The van der Waals surface area contributed by atoms with E-state index in [0.717, 1.165) is 6.42 Å². The SMILES string of the molecule is COC1CC(NC(C(=O)O)C(C)C)C1(C)C. The van der Waals surface area contributed by atoms with Gasteiger partial charge in [0.2, 0.25) is 0 Å². The molecule has 1 aliphatic carbocycles. The lowest BCUT2D eigenvalue weighted by atomic mass is 9.64. The molecule has 0 aromatic rings. The van der Waals surface area contributed by atoms with E-state index in [-0.39, 0.29) is 23.5 Å². The number of nitrogens with one attached hydrogen (secondary N) is 1. The maximum absolute atomic E-state index is 11.1. The van der Waals surface area contributed by atoms with Gasteiger partial charge in [-0.15, -0.1) is 0 Å². The van der Waals surface area contributed by atoms with E-state index in [1.165, 1.54) is 0 Å². The van der Waals surface area contributed by atoms with Gasteiger partial charge in [-0.25, -0.2) is 0 Å². The number of hydrogen-bond donors (Lipinski definition) is 2. The van der Waals surface area contributed by atoms with E-state index in [2.05, 4.69) is 19.2 Å². The van der Waals surface area contributed by atoms with E-state index >= 15 is 0 Å². The number of carboxylic acids is 1. The van der Waals surface area contributed by atoms with Gasteiger partial charge in [-0.1, -0.05) is 27.7 Å². The molecule has 3 unspecified atom stereocenters. The van der Waals surface area contributed by atoms with E-state index in [9.17, 15) is 4.79 Å². The maximum Gasteiger partial charge on any atom is 0.320 e. The van der Waals surface area contributed by atoms with E-state index < -0.39 is 12.0 Å². The fourth-order valence-corrected chi connectivity index (χ4v) is 2.33. The minimum absolute atomic E-state index is 0.0112. The van der Waals surface area contributed by atoms with Gasteiger partial charge in [0.05, 0.1) is 6.10 Å². The largest absolute Gasteiger partial charge is 0.480 e. The number of hydrogen-bond acceptors (Lipinski definition) is 3. The van der Waals surface area contributed by atoms with Gasteiger partial charge in [0, 0.05) is 18.6 Å². The third kappa shape index (κ3) is 2.38. The molecule has 16 heavy (non-hydrogen) atoms. The molecular formula is C12H23NO3. The highest BCUT2D eigenvalue weighted by atomic mass is 16.5. The van der Waals surface area contributed by atoms with Gasteiger partial charge in [-0.05, 0) is 12.3 Å². The number of carboxylic acid groups (broad SMARTS) is 1. The van der Waals surface area contributed by atoms with Gasteiger partial charge in [-0.2, -0.15) is 0 Å². The Morgan fingerprint density at radius 2 is 2.06 bits per heavy atom. The lowest BCUT2D eigenvalue weighted by Crippen LogP contribution is -2.64. The lowest BCUT2D eigenvalue weighted by molar-refractivity contribution is -0.144. The predicted octanol–water partition coefficient (Wildman–Crippen LogP) is 1.50. The average molecular weight is 229 g/mol. The number of methoxy groups -OCH3 is 1. The third-order valence-electron chi connectivity index (χ3n) is 3.78. The Morgan fingerprint density at radius 1 is 1.50 bits per heavy atom. The summed E-state index contributed by atoms with van der Waals surface area (Å²) in [5.41, 5.74) is 0.0112. The molecule has 0 heterocycles. The van der Waals surface area contributed by atoms with Gasteiger partial charge in [0.1, 0.15) is 6.04 Å². The molecule has 94 valence electrons. The summed E-state index contributed by atoms with van der Waals surface area (Å²) in [4.78, 5) is 11.1. The molecule has 1 fully saturated rings. The fraction of sp³-hybridized carbons (Fsp3) is 0.917. The molecule has 0 spiro atoms. The minimum atomic E-state index is -0.772. The Balaban J connectivity index is 2.59. The first kappa shape index (κ1) is 13.5. The fourth-order valence-electron chi connectivity index (χ4n) is 2.33. The summed E-state index contributed by atoms with van der Waals surface area (Å²) in [7, 11) is 1.71. The van der Waals surface area contributed by atoms with Crippen LogP contribution in [-0.4, -0.2) is 36.4 Å². The van der Waals surface area contributed by atoms with Crippen LogP contribution in [0.3, 0.4) is 0 Å². The average Bonchev–Trinajstić information content (AvgIpc) is 2.15. The van der Waals surface area contributed by atoms with Crippen molar-refractivity contribution >= 4 is 5.97 Å². The van der Waals surface area contributed by atoms with E-state index in [4.69, 9.17) is 9.84 Å². The Morgan fingerprint density at radius 3 is 2.38 bits per heavy atom. The summed E-state index contributed by atoms with van der Waals surface area (Å²) in [6.07, 6.45) is 1.12. The van der Waals surface area contributed by atoms with Gasteiger partial charge in [-0.3, -0.25) is 4.79 Å². The maximum atomic E-state index is 11.1. The highest BCUT2D eigenvalue weighted by Gasteiger charge is 2.49. The summed E-state index contributed by atoms with van der Waals surface area (Å²) in [5.74, 6) is -0.679. The van der Waals surface area contributed by atoms with E-state index in [0.29, 0.717) is 0 Å². The zero-order valence-corrected chi connectivity index (χ0v) is 10.8. The monoisotopic (exact) mass is 229 g/mol. The van der Waals surface area contributed by atoms with Crippen LogP contribution in [0.2, 0.25) is 0 Å². The third-order valence-corrected chi connectivity index (χ3v) is 3.78. The number of aliphatic carboxylic acids is 1. The second-order valence-electron chi connectivity index (χ2n) is 5.56. The normalized spacial score (nSPS) is 29.9. The first-order chi connectivity index (χ1) is 7.30. The molecule has 0 bridgehead atoms. The van der Waals surface area contributed by atoms with Crippen molar-refractivity contribution in [1.82, 2.24) is 5.32 Å². The Kier molecular flexibility index (Phi) is 3.97. The van der Waals surface area contributed by atoms with Crippen LogP contribution in [0, 0.1) is 11.3 Å². The van der Waals surface area contributed by atoms with Crippen LogP contribution in [0.15, 0.2) is 0 Å². The molecule has 4 heteroatoms. The van der Waals surface area contributed by atoms with Crippen LogP contribution < -0.4 is 5.32 Å². The number of rotatable bonds is 5. The highest BCUT2D eigenvalue weighted by molar-refractivity contribution is 5.73. The predicted molar refractivity (Wildman–Crippen MR) is 62.4 cm³/mol. The van der Waals surface area contributed by atoms with Crippen molar-refractivity contribution in [2.45, 2.75) is 52.3 Å². The Hall–Kier alpha value is -0.610. The second kappa shape index (κ2) is 4.72. The van der Waals surface area contributed by atoms with Crippen molar-refractivity contribution in [3.63, 3.8) is 0 Å². The summed E-state index contributed by atoms with van der Waals surface area (Å²) in [6, 6.07) is -0.247. The molecule has 3 atom stereocenters. The van der Waals surface area contributed by atoms with Crippen molar-refractivity contribution in [2.75, 3.05) is 7.11 Å². The quantitative estimate of drug-likeness (QED) is 0.750. The topological polar surface area (TPSA) is 58.6 Å². The smallest absolute Gasteiger partial charge is 0.320 e. The molecule has 0 aromatic carbocycles. The van der Waals surface area contributed by atoms with E-state index in [1.807, 2.05) is 13.8 Å². The molecule has 0 radical (unpaired) electrons. The highest BCUT2D eigenvalue weighted by Crippen LogP contribution is 2.42. The van der Waals surface area contributed by atoms with Crippen molar-refractivity contribution in [2.24, 2.45) is 11.3 Å². The molecule has 4 nitrogen and oxygen atoms in total. The van der Waals surface area contributed by atoms with Crippen LogP contribution in [0.4, 0.5) is 0 Å². The van der Waals surface area contributed by atoms with Crippen LogP contribution in [0.5, 0.6) is 0 Å². The molecule has 1 saturated carbocycles. The Labute approximate surface area is 97.4 Å². The van der Waals surface area contributed by atoms with Crippen molar-refractivity contribution in [3.05, 3.63) is 0 Å². The van der Waals surface area contributed by atoms with Crippen molar-refractivity contribution in [1.29, 1.82) is 0 Å². The molecule has 0 saturated heterocycles. The zero-order valence-electron chi connectivity index (χ0n) is 10.8. The van der Waals surface area contributed by atoms with Crippen LogP contribution in [0.25, 0.3) is 0 Å². The van der Waals surface area contributed by atoms with Crippen LogP contribution in [0.1, 0.15) is 34.1 Å². The summed E-state index contributed by atoms with van der Waals surface area (Å²) in [6.45, 7) is 8.07. The number of ether oxygens (including phenoxy) is 1.